The fourth-order valence-corrected chi connectivity index (χ4v) is 2.72. The predicted octanol–water partition coefficient (Wildman–Crippen LogP) is 3.71. The number of aliphatic hydroxyl groups is 1. The van der Waals surface area contributed by atoms with Crippen LogP contribution in [0.2, 0.25) is 5.02 Å². The Labute approximate surface area is 98.8 Å². The first-order valence-corrected chi connectivity index (χ1v) is 5.99. The van der Waals surface area contributed by atoms with Crippen LogP contribution in [0.4, 0.5) is 0 Å². The van der Waals surface area contributed by atoms with Gasteiger partial charge in [-0.2, -0.15) is 0 Å². The van der Waals surface area contributed by atoms with E-state index in [1.807, 2.05) is 24.3 Å². The van der Waals surface area contributed by atoms with E-state index in [4.69, 9.17) is 16.0 Å². The molecule has 2 unspecified atom stereocenters. The normalized spacial score (nSPS) is 25.4. The van der Waals surface area contributed by atoms with Gasteiger partial charge in [0.05, 0.1) is 11.1 Å². The average Bonchev–Trinajstić information content (AvgIpc) is 2.84. The molecule has 0 amide bonds. The SMILES string of the molecule is OC1CCCC1c1cc2cccc(Cl)c2o1. The van der Waals surface area contributed by atoms with E-state index in [2.05, 4.69) is 0 Å². The van der Waals surface area contributed by atoms with Crippen molar-refractivity contribution in [3.05, 3.63) is 35.0 Å². The van der Waals surface area contributed by atoms with E-state index in [1.54, 1.807) is 0 Å². The first kappa shape index (κ1) is 10.2. The van der Waals surface area contributed by atoms with Gasteiger partial charge in [0, 0.05) is 11.3 Å². The van der Waals surface area contributed by atoms with Gasteiger partial charge in [-0.05, 0) is 25.0 Å². The van der Waals surface area contributed by atoms with Gasteiger partial charge in [0.15, 0.2) is 5.58 Å². The minimum Gasteiger partial charge on any atom is -0.459 e. The number of furan rings is 1. The van der Waals surface area contributed by atoms with Gasteiger partial charge >= 0.3 is 0 Å². The van der Waals surface area contributed by atoms with Gasteiger partial charge in [0.25, 0.3) is 0 Å². The summed E-state index contributed by atoms with van der Waals surface area (Å²) in [5.41, 5.74) is 0.735. The van der Waals surface area contributed by atoms with Crippen molar-refractivity contribution >= 4 is 22.6 Å². The van der Waals surface area contributed by atoms with Crippen molar-refractivity contribution in [3.63, 3.8) is 0 Å². The Balaban J connectivity index is 2.08. The van der Waals surface area contributed by atoms with Gasteiger partial charge < -0.3 is 9.52 Å². The zero-order chi connectivity index (χ0) is 11.1. The van der Waals surface area contributed by atoms with Crippen LogP contribution in [-0.4, -0.2) is 11.2 Å². The number of rotatable bonds is 1. The topological polar surface area (TPSA) is 33.4 Å². The summed E-state index contributed by atoms with van der Waals surface area (Å²) in [7, 11) is 0. The van der Waals surface area contributed by atoms with Crippen LogP contribution in [0.3, 0.4) is 0 Å². The Morgan fingerprint density at radius 2 is 2.19 bits per heavy atom. The zero-order valence-corrected chi connectivity index (χ0v) is 9.57. The summed E-state index contributed by atoms with van der Waals surface area (Å²) in [4.78, 5) is 0. The molecule has 1 aliphatic rings. The lowest BCUT2D eigenvalue weighted by Gasteiger charge is -2.10. The molecule has 1 fully saturated rings. The second-order valence-electron chi connectivity index (χ2n) is 4.41. The van der Waals surface area contributed by atoms with Gasteiger partial charge in [-0.3, -0.25) is 0 Å². The molecule has 1 aliphatic carbocycles. The summed E-state index contributed by atoms with van der Waals surface area (Å²) in [6, 6.07) is 7.72. The van der Waals surface area contributed by atoms with E-state index in [0.29, 0.717) is 5.02 Å². The molecule has 0 aliphatic heterocycles. The van der Waals surface area contributed by atoms with E-state index >= 15 is 0 Å². The first-order chi connectivity index (χ1) is 7.75. The van der Waals surface area contributed by atoms with Crippen molar-refractivity contribution in [2.24, 2.45) is 0 Å². The van der Waals surface area contributed by atoms with Crippen molar-refractivity contribution in [1.82, 2.24) is 0 Å². The van der Waals surface area contributed by atoms with E-state index in [-0.39, 0.29) is 12.0 Å². The van der Waals surface area contributed by atoms with Crippen LogP contribution >= 0.6 is 11.6 Å². The van der Waals surface area contributed by atoms with Crippen LogP contribution in [0.15, 0.2) is 28.7 Å². The third-order valence-electron chi connectivity index (χ3n) is 3.36. The van der Waals surface area contributed by atoms with Crippen LogP contribution in [0, 0.1) is 0 Å². The second-order valence-corrected chi connectivity index (χ2v) is 4.82. The summed E-state index contributed by atoms with van der Waals surface area (Å²) >= 11 is 6.06. The number of fused-ring (bicyclic) bond motifs is 1. The van der Waals surface area contributed by atoms with Crippen LogP contribution in [0.5, 0.6) is 0 Å². The zero-order valence-electron chi connectivity index (χ0n) is 8.82. The maximum Gasteiger partial charge on any atom is 0.152 e. The quantitative estimate of drug-likeness (QED) is 0.819. The van der Waals surface area contributed by atoms with Crippen molar-refractivity contribution in [1.29, 1.82) is 0 Å². The molecule has 1 N–H and O–H groups in total. The van der Waals surface area contributed by atoms with E-state index in [0.717, 1.165) is 36.0 Å². The molecule has 1 aromatic carbocycles. The van der Waals surface area contributed by atoms with Crippen molar-refractivity contribution in [3.8, 4) is 0 Å². The minimum absolute atomic E-state index is 0.142. The molecule has 2 aromatic rings. The van der Waals surface area contributed by atoms with Crippen molar-refractivity contribution in [2.75, 3.05) is 0 Å². The largest absolute Gasteiger partial charge is 0.459 e. The highest BCUT2D eigenvalue weighted by Gasteiger charge is 2.29. The Hall–Kier alpha value is -0.990. The molecule has 2 atom stereocenters. The number of aliphatic hydroxyl groups excluding tert-OH is 1. The number of hydrogen-bond acceptors (Lipinski definition) is 2. The Morgan fingerprint density at radius 3 is 2.88 bits per heavy atom. The van der Waals surface area contributed by atoms with Crippen molar-refractivity contribution < 1.29 is 9.52 Å². The van der Waals surface area contributed by atoms with Crippen LogP contribution in [0.25, 0.3) is 11.0 Å². The smallest absolute Gasteiger partial charge is 0.152 e. The van der Waals surface area contributed by atoms with Crippen molar-refractivity contribution in [2.45, 2.75) is 31.3 Å². The number of para-hydroxylation sites is 1. The fraction of sp³-hybridized carbons (Fsp3) is 0.385. The molecule has 1 saturated carbocycles. The summed E-state index contributed by atoms with van der Waals surface area (Å²) in [6.07, 6.45) is 2.67. The highest BCUT2D eigenvalue weighted by Crippen LogP contribution is 2.38. The van der Waals surface area contributed by atoms with Crippen LogP contribution in [-0.2, 0) is 0 Å². The molecular weight excluding hydrogens is 224 g/mol. The molecule has 16 heavy (non-hydrogen) atoms. The van der Waals surface area contributed by atoms with Crippen LogP contribution in [0.1, 0.15) is 30.9 Å². The minimum atomic E-state index is -0.265. The molecule has 1 aromatic heterocycles. The summed E-state index contributed by atoms with van der Waals surface area (Å²) in [5, 5.41) is 11.5. The van der Waals surface area contributed by atoms with E-state index in [9.17, 15) is 5.11 Å². The maximum atomic E-state index is 9.84. The second kappa shape index (κ2) is 3.79. The van der Waals surface area contributed by atoms with Gasteiger partial charge in [-0.25, -0.2) is 0 Å². The van der Waals surface area contributed by atoms with E-state index in [1.165, 1.54) is 0 Å². The Bertz CT molecular complexity index is 518. The molecule has 0 saturated heterocycles. The van der Waals surface area contributed by atoms with Gasteiger partial charge in [0.2, 0.25) is 0 Å². The highest BCUT2D eigenvalue weighted by atomic mass is 35.5. The summed E-state index contributed by atoms with van der Waals surface area (Å²) < 4.78 is 5.76. The van der Waals surface area contributed by atoms with Crippen LogP contribution < -0.4 is 0 Å². The third-order valence-corrected chi connectivity index (χ3v) is 3.66. The molecule has 84 valence electrons. The van der Waals surface area contributed by atoms with Gasteiger partial charge in [-0.1, -0.05) is 30.2 Å². The summed E-state index contributed by atoms with van der Waals surface area (Å²) in [6.45, 7) is 0. The standard InChI is InChI=1S/C13H13ClO2/c14-10-5-1-3-8-7-12(16-13(8)10)9-4-2-6-11(9)15/h1,3,5,7,9,11,15H,2,4,6H2. The first-order valence-electron chi connectivity index (χ1n) is 5.62. The number of hydrogen-bond donors (Lipinski definition) is 1. The Kier molecular flexibility index (Phi) is 2.41. The molecule has 0 bridgehead atoms. The molecule has 1 heterocycles. The summed E-state index contributed by atoms with van der Waals surface area (Å²) in [5.74, 6) is 1.01. The average molecular weight is 237 g/mol. The monoisotopic (exact) mass is 236 g/mol. The lowest BCUT2D eigenvalue weighted by molar-refractivity contribution is 0.155. The lowest BCUT2D eigenvalue weighted by Crippen LogP contribution is -2.09. The molecule has 3 rings (SSSR count). The molecule has 0 radical (unpaired) electrons. The molecular formula is C13H13ClO2. The highest BCUT2D eigenvalue weighted by molar-refractivity contribution is 6.34. The number of halogens is 1. The lowest BCUT2D eigenvalue weighted by atomic mass is 10.0. The van der Waals surface area contributed by atoms with Gasteiger partial charge in [0.1, 0.15) is 5.76 Å². The van der Waals surface area contributed by atoms with E-state index < -0.39 is 0 Å². The maximum absolute atomic E-state index is 9.84. The molecule has 0 spiro atoms. The Morgan fingerprint density at radius 1 is 1.31 bits per heavy atom. The predicted molar refractivity (Wildman–Crippen MR) is 63.8 cm³/mol. The third kappa shape index (κ3) is 1.53. The fourth-order valence-electron chi connectivity index (χ4n) is 2.50. The molecule has 3 heteroatoms. The number of benzene rings is 1. The van der Waals surface area contributed by atoms with Gasteiger partial charge in [-0.15, -0.1) is 0 Å². The molecule has 2 nitrogen and oxygen atoms in total.